The predicted molar refractivity (Wildman–Crippen MR) is 70.3 cm³/mol. The van der Waals surface area contributed by atoms with Gasteiger partial charge in [0, 0.05) is 23.3 Å². The van der Waals surface area contributed by atoms with Gasteiger partial charge in [0.1, 0.15) is 11.3 Å². The monoisotopic (exact) mass is 252 g/mol. The van der Waals surface area contributed by atoms with Crippen LogP contribution in [0.4, 0.5) is 10.1 Å². The topological polar surface area (TPSA) is 24.9 Å². The lowest BCUT2D eigenvalue weighted by Gasteiger charge is -2.11. The number of benzene rings is 1. The van der Waals surface area contributed by atoms with Gasteiger partial charge in [-0.1, -0.05) is 18.5 Å². The van der Waals surface area contributed by atoms with Gasteiger partial charge in [-0.3, -0.25) is 0 Å². The van der Waals surface area contributed by atoms with E-state index in [0.29, 0.717) is 15.9 Å². The molecular weight excluding hydrogens is 239 g/mol. The molecule has 17 heavy (non-hydrogen) atoms. The van der Waals surface area contributed by atoms with E-state index in [9.17, 15) is 4.39 Å². The van der Waals surface area contributed by atoms with Crippen LogP contribution in [-0.2, 0) is 6.42 Å². The zero-order valence-corrected chi connectivity index (χ0v) is 10.6. The van der Waals surface area contributed by atoms with E-state index in [4.69, 9.17) is 11.6 Å². The summed E-state index contributed by atoms with van der Waals surface area (Å²) in [4.78, 5) is 4.30. The first-order chi connectivity index (χ1) is 8.17. The highest BCUT2D eigenvalue weighted by molar-refractivity contribution is 6.36. The summed E-state index contributed by atoms with van der Waals surface area (Å²) >= 11 is 6.12. The summed E-state index contributed by atoms with van der Waals surface area (Å²) in [5.74, 6) is -0.334. The molecule has 0 atom stereocenters. The molecule has 0 spiro atoms. The normalized spacial score (nSPS) is 10.8. The van der Waals surface area contributed by atoms with Crippen LogP contribution < -0.4 is 5.32 Å². The summed E-state index contributed by atoms with van der Waals surface area (Å²) in [5, 5.41) is 4.38. The second-order valence-electron chi connectivity index (χ2n) is 3.80. The largest absolute Gasteiger partial charge is 0.385 e. The molecule has 0 saturated carbocycles. The molecule has 2 aromatic rings. The van der Waals surface area contributed by atoms with Crippen LogP contribution in [0.5, 0.6) is 0 Å². The molecule has 0 radical (unpaired) electrons. The van der Waals surface area contributed by atoms with E-state index in [-0.39, 0.29) is 5.82 Å². The maximum atomic E-state index is 13.8. The maximum Gasteiger partial charge on any atom is 0.149 e. The van der Waals surface area contributed by atoms with Gasteiger partial charge in [0.25, 0.3) is 0 Å². The Kier molecular flexibility index (Phi) is 3.48. The number of aryl methyl sites for hydroxylation is 1. The van der Waals surface area contributed by atoms with Crippen molar-refractivity contribution in [3.8, 4) is 0 Å². The molecule has 90 valence electrons. The van der Waals surface area contributed by atoms with Gasteiger partial charge >= 0.3 is 0 Å². The lowest BCUT2D eigenvalue weighted by molar-refractivity contribution is 0.636. The van der Waals surface area contributed by atoms with Gasteiger partial charge in [-0.2, -0.15) is 0 Å². The number of nitrogens with zero attached hydrogens (tertiary/aromatic N) is 1. The molecule has 0 unspecified atom stereocenters. The average molecular weight is 253 g/mol. The van der Waals surface area contributed by atoms with Crippen LogP contribution in [0, 0.1) is 5.82 Å². The number of fused-ring (bicyclic) bond motifs is 1. The van der Waals surface area contributed by atoms with Crippen molar-refractivity contribution in [3.05, 3.63) is 34.7 Å². The Morgan fingerprint density at radius 3 is 2.76 bits per heavy atom. The van der Waals surface area contributed by atoms with Crippen LogP contribution in [0.25, 0.3) is 10.9 Å². The van der Waals surface area contributed by atoms with Crippen molar-refractivity contribution in [1.82, 2.24) is 4.98 Å². The maximum absolute atomic E-state index is 13.8. The van der Waals surface area contributed by atoms with Gasteiger partial charge in [0.2, 0.25) is 0 Å². The minimum atomic E-state index is -0.334. The SMILES string of the molecule is CCNc1cc(CC)nc2c(F)ccc(Cl)c12. The van der Waals surface area contributed by atoms with Gasteiger partial charge in [-0.25, -0.2) is 9.37 Å². The minimum absolute atomic E-state index is 0.334. The number of anilines is 1. The Hall–Kier alpha value is -1.35. The molecule has 4 heteroatoms. The summed E-state index contributed by atoms with van der Waals surface area (Å²) < 4.78 is 13.8. The number of nitrogens with one attached hydrogen (secondary N) is 1. The summed E-state index contributed by atoms with van der Waals surface area (Å²) in [7, 11) is 0. The molecule has 0 aliphatic heterocycles. The van der Waals surface area contributed by atoms with Crippen molar-refractivity contribution in [2.24, 2.45) is 0 Å². The van der Waals surface area contributed by atoms with E-state index in [1.807, 2.05) is 19.9 Å². The Morgan fingerprint density at radius 1 is 1.35 bits per heavy atom. The lowest BCUT2D eigenvalue weighted by Crippen LogP contribution is -2.01. The molecule has 0 fully saturated rings. The quantitative estimate of drug-likeness (QED) is 0.892. The molecule has 0 bridgehead atoms. The fourth-order valence-corrected chi connectivity index (χ4v) is 2.09. The molecule has 1 N–H and O–H groups in total. The number of hydrogen-bond donors (Lipinski definition) is 1. The number of halogens is 2. The fraction of sp³-hybridized carbons (Fsp3) is 0.308. The number of rotatable bonds is 3. The van der Waals surface area contributed by atoms with Crippen LogP contribution in [0.3, 0.4) is 0 Å². The Morgan fingerprint density at radius 2 is 2.12 bits per heavy atom. The summed E-state index contributed by atoms with van der Waals surface area (Å²) in [5.41, 5.74) is 2.04. The predicted octanol–water partition coefficient (Wildman–Crippen LogP) is 4.02. The zero-order chi connectivity index (χ0) is 12.4. The minimum Gasteiger partial charge on any atom is -0.385 e. The second kappa shape index (κ2) is 4.88. The van der Waals surface area contributed by atoms with Crippen LogP contribution in [0.15, 0.2) is 18.2 Å². The first-order valence-electron chi connectivity index (χ1n) is 5.68. The Labute approximate surface area is 105 Å². The number of hydrogen-bond acceptors (Lipinski definition) is 2. The summed E-state index contributed by atoms with van der Waals surface area (Å²) in [6.07, 6.45) is 0.764. The molecule has 2 rings (SSSR count). The lowest BCUT2D eigenvalue weighted by atomic mass is 10.1. The van der Waals surface area contributed by atoms with E-state index in [1.165, 1.54) is 6.07 Å². The van der Waals surface area contributed by atoms with Crippen LogP contribution in [-0.4, -0.2) is 11.5 Å². The Balaban J connectivity index is 2.80. The van der Waals surface area contributed by atoms with Gasteiger partial charge < -0.3 is 5.32 Å². The van der Waals surface area contributed by atoms with Crippen molar-refractivity contribution in [2.75, 3.05) is 11.9 Å². The van der Waals surface area contributed by atoms with E-state index in [2.05, 4.69) is 10.3 Å². The van der Waals surface area contributed by atoms with Crippen molar-refractivity contribution in [2.45, 2.75) is 20.3 Å². The highest BCUT2D eigenvalue weighted by atomic mass is 35.5. The third kappa shape index (κ3) is 2.20. The van der Waals surface area contributed by atoms with Crippen molar-refractivity contribution < 1.29 is 4.39 Å². The van der Waals surface area contributed by atoms with Gasteiger partial charge in [0.15, 0.2) is 0 Å². The number of aromatic nitrogens is 1. The third-order valence-electron chi connectivity index (χ3n) is 2.64. The molecule has 0 aliphatic carbocycles. The second-order valence-corrected chi connectivity index (χ2v) is 4.21. The van der Waals surface area contributed by atoms with Crippen molar-refractivity contribution in [3.63, 3.8) is 0 Å². The zero-order valence-electron chi connectivity index (χ0n) is 9.85. The highest BCUT2D eigenvalue weighted by Gasteiger charge is 2.11. The molecule has 0 saturated heterocycles. The first kappa shape index (κ1) is 12.1. The summed E-state index contributed by atoms with van der Waals surface area (Å²) in [6.45, 7) is 4.74. The van der Waals surface area contributed by atoms with E-state index in [0.717, 1.165) is 24.3 Å². The average Bonchev–Trinajstić information content (AvgIpc) is 2.34. The van der Waals surface area contributed by atoms with Crippen LogP contribution in [0.1, 0.15) is 19.5 Å². The molecule has 0 amide bonds. The molecule has 1 aromatic carbocycles. The molecular formula is C13H14ClFN2. The molecule has 0 aliphatic rings. The van der Waals surface area contributed by atoms with E-state index < -0.39 is 0 Å². The van der Waals surface area contributed by atoms with Gasteiger partial charge in [0.05, 0.1) is 5.02 Å². The third-order valence-corrected chi connectivity index (χ3v) is 2.96. The number of pyridine rings is 1. The Bertz CT molecular complexity index is 555. The molecule has 1 heterocycles. The van der Waals surface area contributed by atoms with Gasteiger partial charge in [-0.15, -0.1) is 0 Å². The standard InChI is InChI=1S/C13H14ClFN2/c1-3-8-7-11(16-4-2)12-9(14)5-6-10(15)13(12)17-8/h5-7H,3-4H2,1-2H3,(H,16,17). The van der Waals surface area contributed by atoms with Crippen LogP contribution >= 0.6 is 11.6 Å². The molecule has 2 nitrogen and oxygen atoms in total. The smallest absolute Gasteiger partial charge is 0.149 e. The van der Waals surface area contributed by atoms with Crippen LogP contribution in [0.2, 0.25) is 5.02 Å². The first-order valence-corrected chi connectivity index (χ1v) is 6.06. The fourth-order valence-electron chi connectivity index (χ4n) is 1.83. The highest BCUT2D eigenvalue weighted by Crippen LogP contribution is 2.31. The van der Waals surface area contributed by atoms with E-state index in [1.54, 1.807) is 6.07 Å². The van der Waals surface area contributed by atoms with Crippen molar-refractivity contribution in [1.29, 1.82) is 0 Å². The van der Waals surface area contributed by atoms with Gasteiger partial charge in [-0.05, 0) is 31.5 Å². The van der Waals surface area contributed by atoms with Crippen molar-refractivity contribution >= 4 is 28.2 Å². The molecule has 1 aromatic heterocycles. The summed E-state index contributed by atoms with van der Waals surface area (Å²) in [6, 6.07) is 4.84. The van der Waals surface area contributed by atoms with E-state index >= 15 is 0 Å².